The summed E-state index contributed by atoms with van der Waals surface area (Å²) >= 11 is 0. The highest BCUT2D eigenvalue weighted by Crippen LogP contribution is 2.33. The molecule has 9 heteroatoms. The molecule has 2 bridgehead atoms. The second kappa shape index (κ2) is 14.7. The maximum absolute atomic E-state index is 12.7. The summed E-state index contributed by atoms with van der Waals surface area (Å²) in [7, 11) is 0. The van der Waals surface area contributed by atoms with Gasteiger partial charge in [0.05, 0.1) is 17.8 Å². The van der Waals surface area contributed by atoms with Crippen molar-refractivity contribution < 1.29 is 29.4 Å². The van der Waals surface area contributed by atoms with Crippen LogP contribution in [0.1, 0.15) is 86.4 Å². The molecule has 47 heavy (non-hydrogen) atoms. The second-order valence-electron chi connectivity index (χ2n) is 12.8. The molecule has 2 aromatic rings. The lowest BCUT2D eigenvalue weighted by Gasteiger charge is -2.27. The maximum Gasteiger partial charge on any atom is 0.251 e. The van der Waals surface area contributed by atoms with Gasteiger partial charge in [0, 0.05) is 31.9 Å². The molecule has 0 aliphatic carbocycles. The third kappa shape index (κ3) is 7.68. The monoisotopic (exact) mass is 635 g/mol. The highest BCUT2D eigenvalue weighted by Gasteiger charge is 2.40. The number of carbonyl (C=O) groups excluding carboxylic acids is 1. The van der Waals surface area contributed by atoms with Gasteiger partial charge < -0.3 is 31.2 Å². The number of nitrogens with zero attached hydrogens (tertiary/aromatic N) is 1. The van der Waals surface area contributed by atoms with E-state index in [1.807, 2.05) is 42.6 Å². The molecule has 0 aromatic heterocycles. The Morgan fingerprint density at radius 1 is 1.15 bits per heavy atom. The summed E-state index contributed by atoms with van der Waals surface area (Å²) in [5, 5.41) is 21.6. The van der Waals surface area contributed by atoms with Crippen LogP contribution in [0.2, 0.25) is 0 Å². The third-order valence-corrected chi connectivity index (χ3v) is 9.21. The fourth-order valence-electron chi connectivity index (χ4n) is 6.57. The van der Waals surface area contributed by atoms with Crippen LogP contribution in [0.25, 0.3) is 0 Å². The zero-order valence-electron chi connectivity index (χ0n) is 26.8. The zero-order valence-corrected chi connectivity index (χ0v) is 26.8. The van der Waals surface area contributed by atoms with Gasteiger partial charge in [-0.2, -0.15) is 0 Å². The Kier molecular flexibility index (Phi) is 10.2. The molecule has 4 aliphatic heterocycles. The number of ketones is 1. The van der Waals surface area contributed by atoms with Crippen molar-refractivity contribution in [3.05, 3.63) is 82.2 Å². The molecule has 7 N–H and O–H groups in total. The molecule has 0 saturated heterocycles. The summed E-state index contributed by atoms with van der Waals surface area (Å²) in [6.07, 6.45) is 9.81. The summed E-state index contributed by atoms with van der Waals surface area (Å²) in [6.45, 7) is 2.73. The maximum atomic E-state index is 12.7. The van der Waals surface area contributed by atoms with Gasteiger partial charge in [-0.1, -0.05) is 68.2 Å². The van der Waals surface area contributed by atoms with Gasteiger partial charge in [-0.25, -0.2) is 0 Å². The van der Waals surface area contributed by atoms with E-state index in [9.17, 15) is 15.0 Å². The number of aliphatic hydroxyl groups excluding tert-OH is 2. The SMILES string of the molecule is CCCCCC(O)CC(=O)CCc1ccc2c(c1)OC1C(C#CC(O)c3ccc(C(N)N)cc3CC3=CN=C4C[NH+]1C=C34)CC#CO2. The van der Waals surface area contributed by atoms with E-state index in [-0.39, 0.29) is 18.1 Å². The van der Waals surface area contributed by atoms with Crippen molar-refractivity contribution in [2.75, 3.05) is 6.54 Å². The van der Waals surface area contributed by atoms with Gasteiger partial charge in [0.15, 0.2) is 11.5 Å². The lowest BCUT2D eigenvalue weighted by Crippen LogP contribution is -3.13. The number of aliphatic hydroxyl groups is 2. The molecule has 0 saturated carbocycles. The van der Waals surface area contributed by atoms with Gasteiger partial charge in [0.2, 0.25) is 0 Å². The number of quaternary nitrogens is 1. The van der Waals surface area contributed by atoms with Gasteiger partial charge in [0.25, 0.3) is 6.23 Å². The minimum Gasteiger partial charge on any atom is -0.437 e. The highest BCUT2D eigenvalue weighted by atomic mass is 16.5. The molecule has 244 valence electrons. The Bertz CT molecular complexity index is 1740. The van der Waals surface area contributed by atoms with E-state index in [1.54, 1.807) is 0 Å². The van der Waals surface area contributed by atoms with Crippen molar-refractivity contribution in [2.24, 2.45) is 22.4 Å². The molecule has 0 fully saturated rings. The fraction of sp³-hybridized carbons (Fsp3) is 0.421. The van der Waals surface area contributed by atoms with Gasteiger partial charge in [-0.3, -0.25) is 14.7 Å². The van der Waals surface area contributed by atoms with Crippen LogP contribution in [0.4, 0.5) is 0 Å². The minimum absolute atomic E-state index is 0.0433. The number of aryl methyl sites for hydroxylation is 1. The predicted octanol–water partition coefficient (Wildman–Crippen LogP) is 2.91. The molecule has 6 rings (SSSR count). The first kappa shape index (κ1) is 32.7. The van der Waals surface area contributed by atoms with Crippen molar-refractivity contribution in [1.29, 1.82) is 0 Å². The van der Waals surface area contributed by atoms with Crippen molar-refractivity contribution in [3.63, 3.8) is 0 Å². The number of nitrogens with one attached hydrogen (secondary N) is 1. The van der Waals surface area contributed by atoms with E-state index < -0.39 is 24.6 Å². The molecule has 9 nitrogen and oxygen atoms in total. The standard InChI is InChI=1S/C38H42N4O5/c1-2-3-4-7-29(43)20-30(44)12-8-24-9-15-35-36(17-24)47-38-25(6-5-16-46-35)11-14-34(45)31-13-10-26(37(39)40)18-27(31)19-28-21-41-33-23-42(38)22-32(28)33/h9-10,13,15,17-18,21-22,25,29,34,37-38,43,45H,2-4,6-8,12,19-20,23,39-40H2,1H3/p+1. The number of benzene rings is 2. The van der Waals surface area contributed by atoms with Crippen LogP contribution in [0, 0.1) is 29.8 Å². The number of hydrogen-bond donors (Lipinski definition) is 5. The van der Waals surface area contributed by atoms with E-state index in [2.05, 4.69) is 37.0 Å². The van der Waals surface area contributed by atoms with E-state index in [4.69, 9.17) is 25.9 Å². The average molecular weight is 636 g/mol. The van der Waals surface area contributed by atoms with E-state index >= 15 is 0 Å². The van der Waals surface area contributed by atoms with Gasteiger partial charge in [0.1, 0.15) is 42.4 Å². The number of rotatable bonds is 10. The van der Waals surface area contributed by atoms with Crippen molar-refractivity contribution in [3.8, 4) is 35.4 Å². The van der Waals surface area contributed by atoms with Crippen molar-refractivity contribution in [1.82, 2.24) is 0 Å². The number of unbranched alkanes of at least 4 members (excludes halogenated alkanes) is 2. The normalized spacial score (nSPS) is 23.0. The number of ether oxygens (including phenoxy) is 2. The lowest BCUT2D eigenvalue weighted by molar-refractivity contribution is -0.886. The zero-order chi connectivity index (χ0) is 32.9. The number of nitrogens with two attached hydrogens (primary N) is 2. The molecule has 4 aliphatic rings. The van der Waals surface area contributed by atoms with E-state index in [0.717, 1.165) is 57.7 Å². The second-order valence-corrected chi connectivity index (χ2v) is 12.8. The van der Waals surface area contributed by atoms with E-state index in [0.29, 0.717) is 55.7 Å². The third-order valence-electron chi connectivity index (χ3n) is 9.21. The summed E-state index contributed by atoms with van der Waals surface area (Å²) in [5.74, 6) is 10.2. The summed E-state index contributed by atoms with van der Waals surface area (Å²) < 4.78 is 12.6. The Hall–Kier alpha value is -4.22. The lowest BCUT2D eigenvalue weighted by atomic mass is 9.91. The first-order valence-corrected chi connectivity index (χ1v) is 16.6. The van der Waals surface area contributed by atoms with Crippen LogP contribution in [0.5, 0.6) is 11.5 Å². The smallest absolute Gasteiger partial charge is 0.251 e. The molecular formula is C38H43N4O5+. The first-order valence-electron chi connectivity index (χ1n) is 16.6. The summed E-state index contributed by atoms with van der Waals surface area (Å²) in [4.78, 5) is 18.4. The van der Waals surface area contributed by atoms with Crippen LogP contribution < -0.4 is 25.8 Å². The largest absolute Gasteiger partial charge is 0.437 e. The van der Waals surface area contributed by atoms with Crippen LogP contribution in [0.3, 0.4) is 0 Å². The molecule has 0 radical (unpaired) electrons. The average Bonchev–Trinajstić information content (AvgIpc) is 3.65. The van der Waals surface area contributed by atoms with Crippen molar-refractivity contribution >= 4 is 11.5 Å². The topological polar surface area (TPSA) is 145 Å². The van der Waals surface area contributed by atoms with Crippen LogP contribution in [-0.4, -0.2) is 40.6 Å². The van der Waals surface area contributed by atoms with Crippen LogP contribution >= 0.6 is 0 Å². The number of carbonyl (C=O) groups is 1. The first-order chi connectivity index (χ1) is 22.8. The number of fused-ring (bicyclic) bond motifs is 5. The number of allylic oxidation sites excluding steroid dienone is 1. The Morgan fingerprint density at radius 2 is 2.02 bits per heavy atom. The van der Waals surface area contributed by atoms with Crippen LogP contribution in [-0.2, 0) is 17.6 Å². The Morgan fingerprint density at radius 3 is 2.85 bits per heavy atom. The van der Waals surface area contributed by atoms with Crippen LogP contribution in [0.15, 0.2) is 64.9 Å². The molecule has 5 atom stereocenters. The van der Waals surface area contributed by atoms with Gasteiger partial charge in [-0.15, -0.1) is 0 Å². The summed E-state index contributed by atoms with van der Waals surface area (Å²) in [5.41, 5.74) is 18.4. The fourth-order valence-corrected chi connectivity index (χ4v) is 6.57. The highest BCUT2D eigenvalue weighted by molar-refractivity contribution is 6.08. The van der Waals surface area contributed by atoms with Gasteiger partial charge in [-0.05, 0) is 52.8 Å². The molecule has 4 heterocycles. The molecule has 0 amide bonds. The number of hydrogen-bond acceptors (Lipinski definition) is 8. The Balaban J connectivity index is 1.27. The quantitative estimate of drug-likeness (QED) is 0.153. The molecular weight excluding hydrogens is 592 g/mol. The number of Topliss-reactive ketones (excluding diaryl/α,β-unsaturated/α-hetero) is 1. The van der Waals surface area contributed by atoms with Gasteiger partial charge >= 0.3 is 0 Å². The van der Waals surface area contributed by atoms with Crippen molar-refractivity contribution in [2.45, 2.75) is 89.3 Å². The summed E-state index contributed by atoms with van der Waals surface area (Å²) in [6, 6.07) is 11.3. The molecule has 5 unspecified atom stereocenters. The molecule has 2 aromatic carbocycles. The number of aliphatic imine (C=N–C) groups is 1. The predicted molar refractivity (Wildman–Crippen MR) is 179 cm³/mol. The minimum atomic E-state index is -1.04. The van der Waals surface area contributed by atoms with E-state index in [1.165, 1.54) is 0 Å². The molecule has 0 spiro atoms. The Labute approximate surface area is 276 Å².